The molecule has 0 atom stereocenters. The normalized spacial score (nSPS) is 10.4. The standard InChI is InChI=1S/C13H15NOS2/c1-2-6-14(9-11-5-8-16-10-11)13(15)12-4-3-7-17-12/h3-5,7-8,10H,2,6,9H2,1H3. The fraction of sp³-hybridized carbons (Fsp3) is 0.308. The molecule has 4 heteroatoms. The zero-order valence-electron chi connectivity index (χ0n) is 9.76. The van der Waals surface area contributed by atoms with E-state index in [-0.39, 0.29) is 5.91 Å². The molecule has 2 nitrogen and oxygen atoms in total. The predicted octanol–water partition coefficient (Wildman–Crippen LogP) is 3.86. The summed E-state index contributed by atoms with van der Waals surface area (Å²) in [6.45, 7) is 3.63. The van der Waals surface area contributed by atoms with E-state index in [2.05, 4.69) is 23.8 Å². The fourth-order valence-corrected chi connectivity index (χ4v) is 3.03. The van der Waals surface area contributed by atoms with E-state index < -0.39 is 0 Å². The second kappa shape index (κ2) is 5.98. The van der Waals surface area contributed by atoms with Crippen molar-refractivity contribution in [3.05, 3.63) is 44.8 Å². The summed E-state index contributed by atoms with van der Waals surface area (Å²) in [4.78, 5) is 15.0. The summed E-state index contributed by atoms with van der Waals surface area (Å²) in [5.41, 5.74) is 1.22. The van der Waals surface area contributed by atoms with Crippen LogP contribution in [0.15, 0.2) is 34.3 Å². The van der Waals surface area contributed by atoms with Crippen LogP contribution in [0, 0.1) is 0 Å². The molecule has 0 saturated carbocycles. The van der Waals surface area contributed by atoms with Crippen LogP contribution < -0.4 is 0 Å². The van der Waals surface area contributed by atoms with E-state index in [4.69, 9.17) is 0 Å². The molecular formula is C13H15NOS2. The van der Waals surface area contributed by atoms with E-state index in [1.54, 1.807) is 11.3 Å². The van der Waals surface area contributed by atoms with E-state index in [0.29, 0.717) is 6.54 Å². The van der Waals surface area contributed by atoms with Gasteiger partial charge in [-0.05, 0) is 40.3 Å². The molecule has 0 aliphatic heterocycles. The maximum atomic E-state index is 12.3. The molecule has 2 aromatic rings. The molecule has 0 N–H and O–H groups in total. The van der Waals surface area contributed by atoms with Crippen molar-refractivity contribution in [3.8, 4) is 0 Å². The number of rotatable bonds is 5. The highest BCUT2D eigenvalue weighted by atomic mass is 32.1. The molecule has 0 fully saturated rings. The smallest absolute Gasteiger partial charge is 0.264 e. The number of thiophene rings is 2. The molecule has 2 rings (SSSR count). The summed E-state index contributed by atoms with van der Waals surface area (Å²) in [5.74, 6) is 0.146. The van der Waals surface area contributed by atoms with E-state index >= 15 is 0 Å². The molecule has 0 saturated heterocycles. The Morgan fingerprint density at radius 2 is 2.24 bits per heavy atom. The van der Waals surface area contributed by atoms with E-state index in [9.17, 15) is 4.79 Å². The first kappa shape index (κ1) is 12.3. The zero-order chi connectivity index (χ0) is 12.1. The van der Waals surface area contributed by atoms with Crippen molar-refractivity contribution in [3.63, 3.8) is 0 Å². The van der Waals surface area contributed by atoms with Crippen molar-refractivity contribution in [1.82, 2.24) is 4.90 Å². The number of carbonyl (C=O) groups is 1. The van der Waals surface area contributed by atoms with E-state index in [1.807, 2.05) is 22.4 Å². The van der Waals surface area contributed by atoms with Crippen LogP contribution in [-0.4, -0.2) is 17.4 Å². The molecule has 2 heterocycles. The van der Waals surface area contributed by atoms with Crippen LogP contribution in [0.2, 0.25) is 0 Å². The van der Waals surface area contributed by atoms with Crippen molar-refractivity contribution in [2.45, 2.75) is 19.9 Å². The Labute approximate surface area is 110 Å². The molecule has 0 radical (unpaired) electrons. The van der Waals surface area contributed by atoms with Crippen LogP contribution in [0.4, 0.5) is 0 Å². The molecule has 0 bridgehead atoms. The molecule has 90 valence electrons. The van der Waals surface area contributed by atoms with Gasteiger partial charge in [0.05, 0.1) is 4.88 Å². The van der Waals surface area contributed by atoms with Gasteiger partial charge in [0.2, 0.25) is 0 Å². The minimum absolute atomic E-state index is 0.146. The van der Waals surface area contributed by atoms with Gasteiger partial charge in [0.25, 0.3) is 5.91 Å². The highest BCUT2D eigenvalue weighted by Gasteiger charge is 2.16. The first-order chi connectivity index (χ1) is 8.31. The van der Waals surface area contributed by atoms with Gasteiger partial charge in [-0.15, -0.1) is 11.3 Å². The van der Waals surface area contributed by atoms with Gasteiger partial charge in [0.15, 0.2) is 0 Å². The Bertz CT molecular complexity index is 448. The van der Waals surface area contributed by atoms with Crippen LogP contribution >= 0.6 is 22.7 Å². The molecule has 1 amide bonds. The minimum atomic E-state index is 0.146. The topological polar surface area (TPSA) is 20.3 Å². The third-order valence-corrected chi connectivity index (χ3v) is 4.06. The lowest BCUT2D eigenvalue weighted by atomic mass is 10.2. The summed E-state index contributed by atoms with van der Waals surface area (Å²) < 4.78 is 0. The lowest BCUT2D eigenvalue weighted by molar-refractivity contribution is 0.0748. The lowest BCUT2D eigenvalue weighted by Gasteiger charge is -2.20. The first-order valence-electron chi connectivity index (χ1n) is 5.65. The summed E-state index contributed by atoms with van der Waals surface area (Å²) in [7, 11) is 0. The van der Waals surface area contributed by atoms with Gasteiger partial charge in [-0.1, -0.05) is 13.0 Å². The summed E-state index contributed by atoms with van der Waals surface area (Å²) in [6, 6.07) is 5.89. The highest BCUT2D eigenvalue weighted by Crippen LogP contribution is 2.16. The van der Waals surface area contributed by atoms with Crippen LogP contribution in [0.1, 0.15) is 28.6 Å². The molecule has 2 aromatic heterocycles. The number of carbonyl (C=O) groups excluding carboxylic acids is 1. The van der Waals surface area contributed by atoms with Gasteiger partial charge in [-0.2, -0.15) is 11.3 Å². The molecule has 17 heavy (non-hydrogen) atoms. The lowest BCUT2D eigenvalue weighted by Crippen LogP contribution is -2.30. The average Bonchev–Trinajstić information content (AvgIpc) is 3.00. The van der Waals surface area contributed by atoms with Gasteiger partial charge in [-0.3, -0.25) is 4.79 Å². The molecule has 0 aliphatic rings. The zero-order valence-corrected chi connectivity index (χ0v) is 11.4. The van der Waals surface area contributed by atoms with Gasteiger partial charge in [-0.25, -0.2) is 0 Å². The highest BCUT2D eigenvalue weighted by molar-refractivity contribution is 7.12. The van der Waals surface area contributed by atoms with Gasteiger partial charge in [0.1, 0.15) is 0 Å². The van der Waals surface area contributed by atoms with Gasteiger partial charge in [0, 0.05) is 13.1 Å². The molecule has 0 spiro atoms. The summed E-state index contributed by atoms with van der Waals surface area (Å²) in [6.07, 6.45) is 0.987. The van der Waals surface area contributed by atoms with Crippen LogP contribution in [-0.2, 0) is 6.54 Å². The predicted molar refractivity (Wildman–Crippen MR) is 73.7 cm³/mol. The Hall–Kier alpha value is -1.13. The number of hydrogen-bond donors (Lipinski definition) is 0. The molecule has 0 unspecified atom stereocenters. The van der Waals surface area contributed by atoms with Crippen molar-refractivity contribution in [1.29, 1.82) is 0 Å². The Morgan fingerprint density at radius 1 is 1.35 bits per heavy atom. The third kappa shape index (κ3) is 3.17. The fourth-order valence-electron chi connectivity index (χ4n) is 1.68. The van der Waals surface area contributed by atoms with E-state index in [0.717, 1.165) is 17.8 Å². The third-order valence-electron chi connectivity index (χ3n) is 2.47. The number of amides is 1. The SMILES string of the molecule is CCCN(Cc1ccsc1)C(=O)c1cccs1. The summed E-state index contributed by atoms with van der Waals surface area (Å²) in [5, 5.41) is 6.10. The quantitative estimate of drug-likeness (QED) is 0.804. The van der Waals surface area contributed by atoms with Crippen molar-refractivity contribution in [2.24, 2.45) is 0 Å². The number of hydrogen-bond acceptors (Lipinski definition) is 3. The number of nitrogens with zero attached hydrogens (tertiary/aromatic N) is 1. The maximum absolute atomic E-state index is 12.3. The minimum Gasteiger partial charge on any atom is -0.334 e. The van der Waals surface area contributed by atoms with Gasteiger partial charge >= 0.3 is 0 Å². The summed E-state index contributed by atoms with van der Waals surface area (Å²) >= 11 is 3.18. The van der Waals surface area contributed by atoms with Crippen LogP contribution in [0.5, 0.6) is 0 Å². The monoisotopic (exact) mass is 265 g/mol. The maximum Gasteiger partial charge on any atom is 0.264 e. The Morgan fingerprint density at radius 3 is 2.82 bits per heavy atom. The second-order valence-electron chi connectivity index (χ2n) is 3.84. The Balaban J connectivity index is 2.09. The molecular weight excluding hydrogens is 250 g/mol. The average molecular weight is 265 g/mol. The first-order valence-corrected chi connectivity index (χ1v) is 7.47. The molecule has 0 aliphatic carbocycles. The van der Waals surface area contributed by atoms with Crippen LogP contribution in [0.25, 0.3) is 0 Å². The van der Waals surface area contributed by atoms with Crippen molar-refractivity contribution in [2.75, 3.05) is 6.54 Å². The largest absolute Gasteiger partial charge is 0.334 e. The Kier molecular flexibility index (Phi) is 4.34. The van der Waals surface area contributed by atoms with Crippen molar-refractivity contribution < 1.29 is 4.79 Å². The van der Waals surface area contributed by atoms with E-state index in [1.165, 1.54) is 16.9 Å². The van der Waals surface area contributed by atoms with Crippen LogP contribution in [0.3, 0.4) is 0 Å². The van der Waals surface area contributed by atoms with Crippen molar-refractivity contribution >= 4 is 28.6 Å². The molecule has 0 aromatic carbocycles. The second-order valence-corrected chi connectivity index (χ2v) is 5.56. The van der Waals surface area contributed by atoms with Gasteiger partial charge < -0.3 is 4.90 Å².